The first-order chi connectivity index (χ1) is 9.72. The molecule has 0 saturated carbocycles. The number of ether oxygens (including phenoxy) is 2. The van der Waals surface area contributed by atoms with Crippen LogP contribution in [0.15, 0.2) is 41.2 Å². The number of benzene rings is 1. The molecule has 0 fully saturated rings. The van der Waals surface area contributed by atoms with Crippen molar-refractivity contribution in [3.63, 3.8) is 0 Å². The number of hydrogen-bond acceptors (Lipinski definition) is 4. The molecule has 1 aliphatic rings. The highest BCUT2D eigenvalue weighted by Gasteiger charge is 2.13. The van der Waals surface area contributed by atoms with Gasteiger partial charge in [0, 0.05) is 17.8 Å². The van der Waals surface area contributed by atoms with Crippen LogP contribution in [-0.2, 0) is 0 Å². The summed E-state index contributed by atoms with van der Waals surface area (Å²) in [5.74, 6) is 0.859. The molecule has 0 atom stereocenters. The van der Waals surface area contributed by atoms with Gasteiger partial charge >= 0.3 is 0 Å². The molecule has 2 aromatic rings. The molecule has 102 valence electrons. The second-order valence-electron chi connectivity index (χ2n) is 4.24. The van der Waals surface area contributed by atoms with Gasteiger partial charge in [-0.05, 0) is 18.2 Å². The van der Waals surface area contributed by atoms with Gasteiger partial charge in [-0.3, -0.25) is 9.59 Å². The molecule has 1 aromatic carbocycles. The van der Waals surface area contributed by atoms with Crippen molar-refractivity contribution in [2.24, 2.45) is 0 Å². The first-order valence-corrected chi connectivity index (χ1v) is 6.13. The molecule has 1 aromatic heterocycles. The van der Waals surface area contributed by atoms with Gasteiger partial charge in [-0.15, -0.1) is 0 Å². The standard InChI is InChI=1S/C14H12N2O4/c17-13-3-1-2-10(16-13)14(18)15-9-4-5-11-12(8-9)20-7-6-19-11/h1-5,8H,6-7H2,(H,15,18)(H,16,17). The summed E-state index contributed by atoms with van der Waals surface area (Å²) in [6.07, 6.45) is 0. The van der Waals surface area contributed by atoms with E-state index >= 15 is 0 Å². The Morgan fingerprint density at radius 3 is 2.70 bits per heavy atom. The van der Waals surface area contributed by atoms with Crippen LogP contribution in [0.3, 0.4) is 0 Å². The number of anilines is 1. The fourth-order valence-corrected chi connectivity index (χ4v) is 1.90. The van der Waals surface area contributed by atoms with Crippen LogP contribution in [0.2, 0.25) is 0 Å². The molecular formula is C14H12N2O4. The second-order valence-corrected chi connectivity index (χ2v) is 4.24. The van der Waals surface area contributed by atoms with Crippen molar-refractivity contribution in [3.8, 4) is 11.5 Å². The molecule has 2 heterocycles. The summed E-state index contributed by atoms with van der Waals surface area (Å²) in [4.78, 5) is 25.6. The number of nitrogens with one attached hydrogen (secondary N) is 2. The zero-order valence-electron chi connectivity index (χ0n) is 10.5. The lowest BCUT2D eigenvalue weighted by Crippen LogP contribution is -2.18. The van der Waals surface area contributed by atoms with Gasteiger partial charge in [0.25, 0.3) is 5.91 Å². The smallest absolute Gasteiger partial charge is 0.272 e. The van der Waals surface area contributed by atoms with E-state index in [1.807, 2.05) is 0 Å². The first-order valence-electron chi connectivity index (χ1n) is 6.13. The zero-order valence-corrected chi connectivity index (χ0v) is 10.5. The van der Waals surface area contributed by atoms with Crippen molar-refractivity contribution in [2.45, 2.75) is 0 Å². The summed E-state index contributed by atoms with van der Waals surface area (Å²) >= 11 is 0. The van der Waals surface area contributed by atoms with Crippen LogP contribution in [-0.4, -0.2) is 24.1 Å². The second kappa shape index (κ2) is 5.08. The minimum Gasteiger partial charge on any atom is -0.486 e. The molecule has 0 bridgehead atoms. The van der Waals surface area contributed by atoms with E-state index in [0.29, 0.717) is 30.4 Å². The third-order valence-electron chi connectivity index (χ3n) is 2.81. The van der Waals surface area contributed by atoms with Gasteiger partial charge in [0.15, 0.2) is 11.5 Å². The van der Waals surface area contributed by atoms with Crippen LogP contribution < -0.4 is 20.3 Å². The largest absolute Gasteiger partial charge is 0.486 e. The number of carbonyl (C=O) groups excluding carboxylic acids is 1. The Morgan fingerprint density at radius 2 is 1.90 bits per heavy atom. The van der Waals surface area contributed by atoms with Crippen molar-refractivity contribution >= 4 is 11.6 Å². The van der Waals surface area contributed by atoms with Crippen LogP contribution in [0.4, 0.5) is 5.69 Å². The van der Waals surface area contributed by atoms with Gasteiger partial charge < -0.3 is 19.8 Å². The topological polar surface area (TPSA) is 80.4 Å². The van der Waals surface area contributed by atoms with Crippen molar-refractivity contribution in [3.05, 3.63) is 52.4 Å². The molecule has 0 unspecified atom stereocenters. The third-order valence-corrected chi connectivity index (χ3v) is 2.81. The fraction of sp³-hybridized carbons (Fsp3) is 0.143. The van der Waals surface area contributed by atoms with Crippen LogP contribution in [0.5, 0.6) is 11.5 Å². The first kappa shape index (κ1) is 12.3. The van der Waals surface area contributed by atoms with Gasteiger partial charge in [-0.25, -0.2) is 0 Å². The van der Waals surface area contributed by atoms with Crippen LogP contribution in [0.25, 0.3) is 0 Å². The molecule has 0 aliphatic carbocycles. The van der Waals surface area contributed by atoms with E-state index in [-0.39, 0.29) is 17.2 Å². The normalized spacial score (nSPS) is 12.8. The number of aromatic nitrogens is 1. The number of aromatic amines is 1. The molecule has 3 rings (SSSR count). The van der Waals surface area contributed by atoms with Crippen LogP contribution >= 0.6 is 0 Å². The van der Waals surface area contributed by atoms with Crippen molar-refractivity contribution in [1.82, 2.24) is 4.98 Å². The summed E-state index contributed by atoms with van der Waals surface area (Å²) in [5.41, 5.74) is 0.455. The van der Waals surface area contributed by atoms with Gasteiger partial charge in [0.1, 0.15) is 18.9 Å². The fourth-order valence-electron chi connectivity index (χ4n) is 1.90. The average Bonchev–Trinajstić information content (AvgIpc) is 2.47. The molecule has 20 heavy (non-hydrogen) atoms. The maximum absolute atomic E-state index is 12.0. The Bertz CT molecular complexity index is 708. The molecule has 0 saturated heterocycles. The lowest BCUT2D eigenvalue weighted by atomic mass is 10.2. The number of pyridine rings is 1. The van der Waals surface area contributed by atoms with E-state index in [2.05, 4.69) is 10.3 Å². The predicted octanol–water partition coefficient (Wildman–Crippen LogP) is 1.40. The number of carbonyl (C=O) groups is 1. The molecular weight excluding hydrogens is 260 g/mol. The average molecular weight is 272 g/mol. The summed E-state index contributed by atoms with van der Waals surface area (Å²) < 4.78 is 10.8. The molecule has 6 heteroatoms. The molecule has 1 amide bonds. The van der Waals surface area contributed by atoms with E-state index in [1.54, 1.807) is 18.2 Å². The van der Waals surface area contributed by atoms with Gasteiger partial charge in [0.05, 0.1) is 0 Å². The summed E-state index contributed by atoms with van der Waals surface area (Å²) in [6, 6.07) is 9.55. The van der Waals surface area contributed by atoms with E-state index in [1.165, 1.54) is 18.2 Å². The minimum absolute atomic E-state index is 0.201. The van der Waals surface area contributed by atoms with Gasteiger partial charge in [-0.1, -0.05) is 6.07 Å². The number of rotatable bonds is 2. The highest BCUT2D eigenvalue weighted by molar-refractivity contribution is 6.02. The Morgan fingerprint density at radius 1 is 1.10 bits per heavy atom. The number of amides is 1. The van der Waals surface area contributed by atoms with Crippen molar-refractivity contribution in [1.29, 1.82) is 0 Å². The quantitative estimate of drug-likeness (QED) is 0.866. The Hall–Kier alpha value is -2.76. The molecule has 2 N–H and O–H groups in total. The molecule has 0 spiro atoms. The number of H-pyrrole nitrogens is 1. The molecule has 0 radical (unpaired) electrons. The highest BCUT2D eigenvalue weighted by atomic mass is 16.6. The maximum Gasteiger partial charge on any atom is 0.272 e. The minimum atomic E-state index is -0.389. The summed E-state index contributed by atoms with van der Waals surface area (Å²) in [5, 5.41) is 2.69. The van der Waals surface area contributed by atoms with E-state index in [0.717, 1.165) is 0 Å². The molecule has 1 aliphatic heterocycles. The monoisotopic (exact) mass is 272 g/mol. The maximum atomic E-state index is 12.0. The molecule has 6 nitrogen and oxygen atoms in total. The highest BCUT2D eigenvalue weighted by Crippen LogP contribution is 2.32. The van der Waals surface area contributed by atoms with E-state index < -0.39 is 0 Å². The van der Waals surface area contributed by atoms with Gasteiger partial charge in [0.2, 0.25) is 5.56 Å². The van der Waals surface area contributed by atoms with E-state index in [4.69, 9.17) is 9.47 Å². The lowest BCUT2D eigenvalue weighted by Gasteiger charge is -2.18. The Kier molecular flexibility index (Phi) is 3.12. The number of fused-ring (bicyclic) bond motifs is 1. The summed E-state index contributed by atoms with van der Waals surface area (Å²) in [6.45, 7) is 1.00. The lowest BCUT2D eigenvalue weighted by molar-refractivity contribution is 0.102. The van der Waals surface area contributed by atoms with Crippen LogP contribution in [0, 0.1) is 0 Å². The zero-order chi connectivity index (χ0) is 13.9. The van der Waals surface area contributed by atoms with Crippen LogP contribution in [0.1, 0.15) is 10.5 Å². The van der Waals surface area contributed by atoms with Gasteiger partial charge in [-0.2, -0.15) is 0 Å². The Labute approximate surface area is 114 Å². The van der Waals surface area contributed by atoms with Crippen molar-refractivity contribution < 1.29 is 14.3 Å². The summed E-state index contributed by atoms with van der Waals surface area (Å²) in [7, 11) is 0. The third kappa shape index (κ3) is 2.49. The Balaban J connectivity index is 1.81. The number of hydrogen-bond donors (Lipinski definition) is 2. The van der Waals surface area contributed by atoms with E-state index in [9.17, 15) is 9.59 Å². The van der Waals surface area contributed by atoms with Crippen molar-refractivity contribution in [2.75, 3.05) is 18.5 Å². The SMILES string of the molecule is O=C(Nc1ccc2c(c1)OCCO2)c1cccc(=O)[nH]1. The predicted molar refractivity (Wildman–Crippen MR) is 72.4 cm³/mol.